The van der Waals surface area contributed by atoms with Crippen molar-refractivity contribution in [2.75, 3.05) is 26.1 Å². The average Bonchev–Trinajstić information content (AvgIpc) is 2.57. The van der Waals surface area contributed by atoms with Gasteiger partial charge >= 0.3 is 0 Å². The van der Waals surface area contributed by atoms with E-state index in [1.807, 2.05) is 13.0 Å². The molecular formula is C16H17FN2O3. The second-order valence-corrected chi connectivity index (χ2v) is 4.99. The topological polar surface area (TPSA) is 52.6 Å². The van der Waals surface area contributed by atoms with Crippen LogP contribution in [-0.4, -0.2) is 25.7 Å². The van der Waals surface area contributed by atoms with Crippen molar-refractivity contribution < 1.29 is 18.6 Å². The van der Waals surface area contributed by atoms with Crippen LogP contribution in [0.25, 0.3) is 0 Å². The summed E-state index contributed by atoms with van der Waals surface area (Å²) in [7, 11) is 3.29. The van der Waals surface area contributed by atoms with Crippen molar-refractivity contribution in [3.05, 3.63) is 41.3 Å². The van der Waals surface area contributed by atoms with Crippen molar-refractivity contribution in [1.29, 1.82) is 0 Å². The zero-order valence-electron chi connectivity index (χ0n) is 12.6. The van der Waals surface area contributed by atoms with Crippen molar-refractivity contribution in [2.45, 2.75) is 13.0 Å². The fraction of sp³-hybridized carbons (Fsp3) is 0.312. The number of pyridine rings is 1. The lowest BCUT2D eigenvalue weighted by Gasteiger charge is -2.28. The predicted molar refractivity (Wildman–Crippen MR) is 80.3 cm³/mol. The molecule has 5 nitrogen and oxygen atoms in total. The van der Waals surface area contributed by atoms with Gasteiger partial charge in [-0.05, 0) is 13.0 Å². The highest BCUT2D eigenvalue weighted by atomic mass is 19.1. The van der Waals surface area contributed by atoms with Gasteiger partial charge in [-0.15, -0.1) is 0 Å². The maximum absolute atomic E-state index is 14.2. The lowest BCUT2D eigenvalue weighted by Crippen LogP contribution is -2.23. The number of hydrogen-bond donors (Lipinski definition) is 1. The second-order valence-electron chi connectivity index (χ2n) is 4.99. The number of anilines is 1. The van der Waals surface area contributed by atoms with Crippen molar-refractivity contribution in [1.82, 2.24) is 4.98 Å². The molecule has 0 saturated heterocycles. The Labute approximate surface area is 128 Å². The van der Waals surface area contributed by atoms with Crippen molar-refractivity contribution in [3.63, 3.8) is 0 Å². The third-order valence-electron chi connectivity index (χ3n) is 3.69. The third kappa shape index (κ3) is 2.41. The third-order valence-corrected chi connectivity index (χ3v) is 3.69. The second kappa shape index (κ2) is 5.71. The monoisotopic (exact) mass is 304 g/mol. The van der Waals surface area contributed by atoms with Gasteiger partial charge in [0.15, 0.2) is 23.4 Å². The van der Waals surface area contributed by atoms with Gasteiger partial charge in [0.25, 0.3) is 0 Å². The minimum absolute atomic E-state index is 0.142. The van der Waals surface area contributed by atoms with Gasteiger partial charge in [0.2, 0.25) is 5.88 Å². The summed E-state index contributed by atoms with van der Waals surface area (Å²) in [6.45, 7) is 2.16. The van der Waals surface area contributed by atoms with Gasteiger partial charge in [-0.2, -0.15) is 0 Å². The standard InChI is InChI=1S/C16H17FN2O3/c1-9-12(18-2)6-11(17)16-15(9)21-8-13(22-16)10-4-5-14(20-3)19-7-10/h4-7,13,18H,8H2,1-3H3. The Hall–Kier alpha value is -2.50. The summed E-state index contributed by atoms with van der Waals surface area (Å²) in [6.07, 6.45) is 1.24. The minimum atomic E-state index is -0.448. The van der Waals surface area contributed by atoms with E-state index in [1.165, 1.54) is 6.07 Å². The van der Waals surface area contributed by atoms with Crippen LogP contribution < -0.4 is 19.5 Å². The molecule has 1 aliphatic heterocycles. The molecule has 6 heteroatoms. The summed E-state index contributed by atoms with van der Waals surface area (Å²) < 4.78 is 30.8. The minimum Gasteiger partial charge on any atom is -0.485 e. The SMILES string of the molecule is CNc1cc(F)c2c(c1C)OCC(c1ccc(OC)nc1)O2. The average molecular weight is 304 g/mol. The first-order valence-electron chi connectivity index (χ1n) is 6.94. The van der Waals surface area contributed by atoms with E-state index in [4.69, 9.17) is 14.2 Å². The van der Waals surface area contributed by atoms with Crippen LogP contribution in [-0.2, 0) is 0 Å². The first-order valence-corrected chi connectivity index (χ1v) is 6.94. The summed E-state index contributed by atoms with van der Waals surface area (Å²) in [6, 6.07) is 4.98. The molecule has 1 aromatic heterocycles. The predicted octanol–water partition coefficient (Wildman–Crippen LogP) is 3.09. The molecule has 1 unspecified atom stereocenters. The quantitative estimate of drug-likeness (QED) is 0.944. The van der Waals surface area contributed by atoms with Crippen LogP contribution in [0.1, 0.15) is 17.2 Å². The van der Waals surface area contributed by atoms with Gasteiger partial charge in [0.1, 0.15) is 6.61 Å². The lowest BCUT2D eigenvalue weighted by molar-refractivity contribution is 0.0848. The van der Waals surface area contributed by atoms with Crippen molar-refractivity contribution in [2.24, 2.45) is 0 Å². The van der Waals surface area contributed by atoms with E-state index in [0.717, 1.165) is 11.1 Å². The van der Waals surface area contributed by atoms with E-state index in [-0.39, 0.29) is 5.75 Å². The number of nitrogens with zero attached hydrogens (tertiary/aromatic N) is 1. The van der Waals surface area contributed by atoms with E-state index in [1.54, 1.807) is 26.4 Å². The summed E-state index contributed by atoms with van der Waals surface area (Å²) in [5, 5.41) is 2.94. The molecule has 1 aliphatic rings. The maximum Gasteiger partial charge on any atom is 0.212 e. The van der Waals surface area contributed by atoms with Crippen LogP contribution >= 0.6 is 0 Å². The molecule has 22 heavy (non-hydrogen) atoms. The number of methoxy groups -OCH3 is 1. The van der Waals surface area contributed by atoms with Crippen LogP contribution in [0, 0.1) is 12.7 Å². The maximum atomic E-state index is 14.2. The Morgan fingerprint density at radius 2 is 2.18 bits per heavy atom. The highest BCUT2D eigenvalue weighted by molar-refractivity contribution is 5.63. The smallest absolute Gasteiger partial charge is 0.212 e. The van der Waals surface area contributed by atoms with Gasteiger partial charge in [-0.3, -0.25) is 0 Å². The Kier molecular flexibility index (Phi) is 3.75. The molecule has 0 radical (unpaired) electrons. The molecule has 0 saturated carbocycles. The number of ether oxygens (including phenoxy) is 3. The number of aromatic nitrogens is 1. The number of nitrogens with one attached hydrogen (secondary N) is 1. The number of hydrogen-bond acceptors (Lipinski definition) is 5. The fourth-order valence-corrected chi connectivity index (χ4v) is 2.45. The molecule has 0 amide bonds. The highest BCUT2D eigenvalue weighted by Crippen LogP contribution is 2.43. The van der Waals surface area contributed by atoms with Crippen LogP contribution in [0.5, 0.6) is 17.4 Å². The summed E-state index contributed by atoms with van der Waals surface area (Å²) in [5.74, 6) is 0.656. The normalized spacial score (nSPS) is 16.3. The molecule has 3 rings (SSSR count). The van der Waals surface area contributed by atoms with Crippen LogP contribution in [0.4, 0.5) is 10.1 Å². The van der Waals surface area contributed by atoms with Crippen LogP contribution in [0.3, 0.4) is 0 Å². The molecular weight excluding hydrogens is 287 g/mol. The lowest BCUT2D eigenvalue weighted by atomic mass is 10.1. The van der Waals surface area contributed by atoms with E-state index in [9.17, 15) is 4.39 Å². The molecule has 2 aromatic rings. The molecule has 1 N–H and O–H groups in total. The van der Waals surface area contributed by atoms with Gasteiger partial charge in [0.05, 0.1) is 7.11 Å². The molecule has 0 bridgehead atoms. The van der Waals surface area contributed by atoms with Crippen molar-refractivity contribution >= 4 is 5.69 Å². The fourth-order valence-electron chi connectivity index (χ4n) is 2.45. The number of halogens is 1. The highest BCUT2D eigenvalue weighted by Gasteiger charge is 2.28. The Morgan fingerprint density at radius 3 is 2.82 bits per heavy atom. The number of rotatable bonds is 3. The summed E-state index contributed by atoms with van der Waals surface area (Å²) >= 11 is 0. The van der Waals surface area contributed by atoms with Crippen LogP contribution in [0.2, 0.25) is 0 Å². The van der Waals surface area contributed by atoms with E-state index >= 15 is 0 Å². The van der Waals surface area contributed by atoms with Crippen LogP contribution in [0.15, 0.2) is 24.4 Å². The number of benzene rings is 1. The largest absolute Gasteiger partial charge is 0.485 e. The molecule has 1 atom stereocenters. The molecule has 0 spiro atoms. The Balaban J connectivity index is 1.91. The molecule has 0 fully saturated rings. The van der Waals surface area contributed by atoms with Crippen molar-refractivity contribution in [3.8, 4) is 17.4 Å². The first kappa shape index (κ1) is 14.4. The summed E-state index contributed by atoms with van der Waals surface area (Å²) in [5.41, 5.74) is 2.32. The van der Waals surface area contributed by atoms with Gasteiger partial charge in [-0.25, -0.2) is 9.37 Å². The van der Waals surface area contributed by atoms with E-state index in [2.05, 4.69) is 10.3 Å². The van der Waals surface area contributed by atoms with Gasteiger partial charge in [-0.1, -0.05) is 0 Å². The molecule has 2 heterocycles. The van der Waals surface area contributed by atoms with E-state index in [0.29, 0.717) is 23.9 Å². The van der Waals surface area contributed by atoms with Gasteiger partial charge < -0.3 is 19.5 Å². The molecule has 116 valence electrons. The first-order chi connectivity index (χ1) is 10.6. The number of fused-ring (bicyclic) bond motifs is 1. The summed E-state index contributed by atoms with van der Waals surface area (Å²) in [4.78, 5) is 4.13. The Bertz CT molecular complexity index is 689. The van der Waals surface area contributed by atoms with Gasteiger partial charge in [0, 0.05) is 42.2 Å². The Morgan fingerprint density at radius 1 is 1.36 bits per heavy atom. The molecule has 0 aliphatic carbocycles. The van der Waals surface area contributed by atoms with E-state index < -0.39 is 11.9 Å². The zero-order valence-corrected chi connectivity index (χ0v) is 12.6. The molecule has 1 aromatic carbocycles. The zero-order chi connectivity index (χ0) is 15.7.